The van der Waals surface area contributed by atoms with Crippen molar-refractivity contribution in [2.75, 3.05) is 46.5 Å². The van der Waals surface area contributed by atoms with Crippen molar-refractivity contribution in [1.82, 2.24) is 10.2 Å². The van der Waals surface area contributed by atoms with Gasteiger partial charge in [0.2, 0.25) is 0 Å². The number of piperidine rings is 1. The zero-order chi connectivity index (χ0) is 15.6. The first kappa shape index (κ1) is 17.1. The third-order valence-electron chi connectivity index (χ3n) is 3.96. The van der Waals surface area contributed by atoms with E-state index in [-0.39, 0.29) is 6.61 Å². The fraction of sp³-hybridized carbons (Fsp3) is 0.647. The van der Waals surface area contributed by atoms with Gasteiger partial charge in [0.05, 0.1) is 13.7 Å². The second-order valence-corrected chi connectivity index (χ2v) is 5.64. The van der Waals surface area contributed by atoms with Gasteiger partial charge in [-0.1, -0.05) is 12.5 Å². The predicted molar refractivity (Wildman–Crippen MR) is 87.6 cm³/mol. The molecule has 1 aromatic carbocycles. The Kier molecular flexibility index (Phi) is 7.49. The van der Waals surface area contributed by atoms with Gasteiger partial charge in [-0.2, -0.15) is 0 Å². The molecule has 1 fully saturated rings. The molecule has 0 spiro atoms. The number of hydrogen-bond donors (Lipinski definition) is 2. The Labute approximate surface area is 133 Å². The summed E-state index contributed by atoms with van der Waals surface area (Å²) in [6, 6.07) is 5.96. The first-order valence-electron chi connectivity index (χ1n) is 8.17. The maximum Gasteiger partial charge on any atom is 0.161 e. The van der Waals surface area contributed by atoms with E-state index in [4.69, 9.17) is 14.6 Å². The second-order valence-electron chi connectivity index (χ2n) is 5.64. The van der Waals surface area contributed by atoms with Gasteiger partial charge in [-0.25, -0.2) is 0 Å². The summed E-state index contributed by atoms with van der Waals surface area (Å²) < 4.78 is 11.3. The predicted octanol–water partition coefficient (Wildman–Crippen LogP) is 1.64. The number of hydrogen-bond acceptors (Lipinski definition) is 5. The van der Waals surface area contributed by atoms with Crippen LogP contribution in [0.4, 0.5) is 0 Å². The molecule has 0 unspecified atom stereocenters. The molecule has 0 saturated carbocycles. The molecular weight excluding hydrogens is 280 g/mol. The summed E-state index contributed by atoms with van der Waals surface area (Å²) in [6.07, 6.45) is 3.96. The highest BCUT2D eigenvalue weighted by molar-refractivity contribution is 5.42. The number of benzene rings is 1. The van der Waals surface area contributed by atoms with Gasteiger partial charge in [0, 0.05) is 19.6 Å². The van der Waals surface area contributed by atoms with Crippen LogP contribution in [-0.2, 0) is 6.54 Å². The molecule has 0 atom stereocenters. The van der Waals surface area contributed by atoms with Crippen LogP contribution in [0, 0.1) is 0 Å². The lowest BCUT2D eigenvalue weighted by Gasteiger charge is -2.26. The monoisotopic (exact) mass is 308 g/mol. The van der Waals surface area contributed by atoms with Crippen LogP contribution in [0.25, 0.3) is 0 Å². The summed E-state index contributed by atoms with van der Waals surface area (Å²) in [5.41, 5.74) is 1.13. The lowest BCUT2D eigenvalue weighted by Crippen LogP contribution is -2.33. The minimum Gasteiger partial charge on any atom is -0.493 e. The van der Waals surface area contributed by atoms with Crippen LogP contribution in [-0.4, -0.2) is 56.5 Å². The number of likely N-dealkylation sites (tertiary alicyclic amines) is 1. The third-order valence-corrected chi connectivity index (χ3v) is 3.96. The van der Waals surface area contributed by atoms with Crippen LogP contribution in [0.5, 0.6) is 11.5 Å². The van der Waals surface area contributed by atoms with Crippen molar-refractivity contribution in [3.63, 3.8) is 0 Å². The van der Waals surface area contributed by atoms with Crippen molar-refractivity contribution in [2.24, 2.45) is 0 Å². The molecule has 124 valence electrons. The highest BCUT2D eigenvalue weighted by atomic mass is 16.5. The van der Waals surface area contributed by atoms with Crippen molar-refractivity contribution in [3.8, 4) is 11.5 Å². The molecule has 1 saturated heterocycles. The van der Waals surface area contributed by atoms with Crippen LogP contribution >= 0.6 is 0 Å². The van der Waals surface area contributed by atoms with E-state index in [9.17, 15) is 0 Å². The summed E-state index contributed by atoms with van der Waals surface area (Å²) in [7, 11) is 1.66. The second kappa shape index (κ2) is 9.66. The van der Waals surface area contributed by atoms with Gasteiger partial charge in [0.15, 0.2) is 11.5 Å². The Hall–Kier alpha value is -1.30. The third kappa shape index (κ3) is 5.48. The topological polar surface area (TPSA) is 54.0 Å². The Balaban J connectivity index is 1.85. The van der Waals surface area contributed by atoms with E-state index in [1.54, 1.807) is 7.11 Å². The molecule has 0 aromatic heterocycles. The first-order valence-corrected chi connectivity index (χ1v) is 8.17. The zero-order valence-corrected chi connectivity index (χ0v) is 13.5. The normalized spacial score (nSPS) is 15.7. The van der Waals surface area contributed by atoms with E-state index in [2.05, 4.69) is 10.2 Å². The Morgan fingerprint density at radius 2 is 2.00 bits per heavy atom. The molecule has 0 amide bonds. The van der Waals surface area contributed by atoms with Crippen LogP contribution in [0.1, 0.15) is 24.8 Å². The lowest BCUT2D eigenvalue weighted by molar-refractivity contribution is 0.180. The van der Waals surface area contributed by atoms with Gasteiger partial charge in [0.1, 0.15) is 6.61 Å². The number of methoxy groups -OCH3 is 1. The molecule has 2 N–H and O–H groups in total. The molecular formula is C17H28N2O3. The van der Waals surface area contributed by atoms with Crippen molar-refractivity contribution in [2.45, 2.75) is 25.8 Å². The molecule has 1 aliphatic heterocycles. The van der Waals surface area contributed by atoms with Crippen molar-refractivity contribution in [3.05, 3.63) is 23.8 Å². The molecule has 5 nitrogen and oxygen atoms in total. The molecule has 1 heterocycles. The number of aliphatic hydroxyl groups excluding tert-OH is 1. The smallest absolute Gasteiger partial charge is 0.161 e. The van der Waals surface area contributed by atoms with Crippen LogP contribution < -0.4 is 14.8 Å². The zero-order valence-electron chi connectivity index (χ0n) is 13.5. The molecule has 22 heavy (non-hydrogen) atoms. The maximum atomic E-state index is 8.81. The van der Waals surface area contributed by atoms with Gasteiger partial charge in [0.25, 0.3) is 0 Å². The molecule has 1 aliphatic rings. The lowest BCUT2D eigenvalue weighted by atomic mass is 10.1. The Morgan fingerprint density at radius 1 is 1.18 bits per heavy atom. The summed E-state index contributed by atoms with van der Waals surface area (Å²) in [4.78, 5) is 2.46. The van der Waals surface area contributed by atoms with E-state index >= 15 is 0 Å². The van der Waals surface area contributed by atoms with Gasteiger partial charge in [-0.05, 0) is 43.6 Å². The van der Waals surface area contributed by atoms with Gasteiger partial charge in [-0.3, -0.25) is 4.90 Å². The Morgan fingerprint density at radius 3 is 2.73 bits per heavy atom. The average molecular weight is 308 g/mol. The summed E-state index contributed by atoms with van der Waals surface area (Å²) >= 11 is 0. The molecule has 2 rings (SSSR count). The van der Waals surface area contributed by atoms with E-state index in [0.29, 0.717) is 19.7 Å². The molecule has 0 aliphatic carbocycles. The largest absolute Gasteiger partial charge is 0.493 e. The molecule has 1 aromatic rings. The van der Waals surface area contributed by atoms with Gasteiger partial charge in [-0.15, -0.1) is 0 Å². The van der Waals surface area contributed by atoms with E-state index in [1.165, 1.54) is 32.4 Å². The van der Waals surface area contributed by atoms with E-state index < -0.39 is 0 Å². The summed E-state index contributed by atoms with van der Waals surface area (Å²) in [5.74, 6) is 1.56. The molecule has 0 radical (unpaired) electrons. The minimum atomic E-state index is 0.148. The van der Waals surface area contributed by atoms with Crippen LogP contribution in [0.3, 0.4) is 0 Å². The van der Waals surface area contributed by atoms with Crippen LogP contribution in [0.15, 0.2) is 18.2 Å². The van der Waals surface area contributed by atoms with Gasteiger partial charge < -0.3 is 19.9 Å². The van der Waals surface area contributed by atoms with Crippen molar-refractivity contribution < 1.29 is 14.6 Å². The van der Waals surface area contributed by atoms with E-state index in [0.717, 1.165) is 23.6 Å². The molecule has 5 heteroatoms. The summed E-state index contributed by atoms with van der Waals surface area (Å²) in [5, 5.41) is 12.0. The van der Waals surface area contributed by atoms with Gasteiger partial charge >= 0.3 is 0 Å². The molecule has 0 bridgehead atoms. The highest BCUT2D eigenvalue weighted by Crippen LogP contribution is 2.28. The van der Waals surface area contributed by atoms with Crippen LogP contribution in [0.2, 0.25) is 0 Å². The Bertz CT molecular complexity index is 434. The fourth-order valence-electron chi connectivity index (χ4n) is 2.72. The SMILES string of the molecule is COc1ccc(CNCCO)cc1OCCN1CCCCC1. The summed E-state index contributed by atoms with van der Waals surface area (Å²) in [6.45, 7) is 5.48. The number of aliphatic hydroxyl groups is 1. The average Bonchev–Trinajstić information content (AvgIpc) is 2.56. The number of nitrogens with one attached hydrogen (secondary N) is 1. The van der Waals surface area contributed by atoms with E-state index in [1.807, 2.05) is 18.2 Å². The fourth-order valence-corrected chi connectivity index (χ4v) is 2.72. The number of nitrogens with zero attached hydrogens (tertiary/aromatic N) is 1. The van der Waals surface area contributed by atoms with Crippen molar-refractivity contribution >= 4 is 0 Å². The minimum absolute atomic E-state index is 0.148. The first-order chi connectivity index (χ1) is 10.8. The number of rotatable bonds is 9. The standard InChI is InChI=1S/C17H28N2O3/c1-21-16-6-5-15(14-18-7-11-20)13-17(16)22-12-10-19-8-3-2-4-9-19/h5-6,13,18,20H,2-4,7-12,14H2,1H3. The highest BCUT2D eigenvalue weighted by Gasteiger charge is 2.11. The quantitative estimate of drug-likeness (QED) is 0.679. The van der Waals surface area contributed by atoms with Crippen molar-refractivity contribution in [1.29, 1.82) is 0 Å². The maximum absolute atomic E-state index is 8.81. The number of ether oxygens (including phenoxy) is 2.